The number of hydrogen-bond donors (Lipinski definition) is 2. The summed E-state index contributed by atoms with van der Waals surface area (Å²) in [5, 5.41) is 2.81. The molecule has 21 heavy (non-hydrogen) atoms. The average molecular weight is 280 g/mol. The van der Waals surface area contributed by atoms with E-state index in [1.54, 1.807) is 6.07 Å². The molecule has 0 saturated carbocycles. The first-order chi connectivity index (χ1) is 10.1. The second-order valence-corrected chi connectivity index (χ2v) is 4.97. The maximum absolute atomic E-state index is 12.4. The van der Waals surface area contributed by atoms with Crippen LogP contribution in [-0.2, 0) is 0 Å². The molecule has 1 amide bonds. The van der Waals surface area contributed by atoms with Gasteiger partial charge < -0.3 is 9.88 Å². The van der Waals surface area contributed by atoms with Crippen molar-refractivity contribution in [3.05, 3.63) is 54.1 Å². The Morgan fingerprint density at radius 2 is 1.81 bits per heavy atom. The zero-order chi connectivity index (χ0) is 14.8. The smallest absolute Gasteiger partial charge is 0.260 e. The molecule has 0 bridgehead atoms. The van der Waals surface area contributed by atoms with Crippen molar-refractivity contribution < 1.29 is 4.79 Å². The fourth-order valence-corrected chi connectivity index (χ4v) is 2.24. The maximum atomic E-state index is 12.4. The summed E-state index contributed by atoms with van der Waals surface area (Å²) in [7, 11) is 3.82. The second-order valence-electron chi connectivity index (χ2n) is 4.97. The van der Waals surface area contributed by atoms with E-state index in [1.165, 1.54) is 0 Å². The predicted octanol–water partition coefficient (Wildman–Crippen LogP) is 2.88. The molecule has 1 aromatic heterocycles. The van der Waals surface area contributed by atoms with Crippen molar-refractivity contribution in [1.29, 1.82) is 0 Å². The highest BCUT2D eigenvalue weighted by atomic mass is 16.1. The molecule has 0 spiro atoms. The van der Waals surface area contributed by atoms with Crippen LogP contribution in [0.4, 0.5) is 11.6 Å². The fraction of sp³-hybridized carbons (Fsp3) is 0.125. The van der Waals surface area contributed by atoms with Gasteiger partial charge in [-0.1, -0.05) is 24.3 Å². The highest BCUT2D eigenvalue weighted by molar-refractivity contribution is 6.07. The number of nitrogens with one attached hydrogen (secondary N) is 2. The van der Waals surface area contributed by atoms with Gasteiger partial charge in [0.05, 0.1) is 16.6 Å². The molecule has 0 atom stereocenters. The van der Waals surface area contributed by atoms with Crippen molar-refractivity contribution in [1.82, 2.24) is 9.97 Å². The van der Waals surface area contributed by atoms with Gasteiger partial charge in [0.2, 0.25) is 5.95 Å². The normalized spacial score (nSPS) is 10.6. The van der Waals surface area contributed by atoms with Crippen LogP contribution in [0.25, 0.3) is 11.0 Å². The first kappa shape index (κ1) is 13.2. The van der Waals surface area contributed by atoms with Gasteiger partial charge in [-0.2, -0.15) is 0 Å². The number of aromatic amines is 1. The number of rotatable bonds is 3. The van der Waals surface area contributed by atoms with Crippen LogP contribution in [0, 0.1) is 0 Å². The molecular formula is C16H16N4O. The molecule has 0 aliphatic heterocycles. The molecule has 106 valence electrons. The Labute approximate surface area is 122 Å². The first-order valence-electron chi connectivity index (χ1n) is 6.67. The topological polar surface area (TPSA) is 61.0 Å². The van der Waals surface area contributed by atoms with E-state index in [0.717, 1.165) is 16.7 Å². The number of carbonyl (C=O) groups excluding carboxylic acids is 1. The average Bonchev–Trinajstić information content (AvgIpc) is 2.89. The number of fused-ring (bicyclic) bond motifs is 1. The van der Waals surface area contributed by atoms with E-state index in [0.29, 0.717) is 11.5 Å². The zero-order valence-electron chi connectivity index (χ0n) is 11.9. The second kappa shape index (κ2) is 5.28. The number of para-hydroxylation sites is 3. The number of aromatic nitrogens is 2. The molecule has 0 unspecified atom stereocenters. The summed E-state index contributed by atoms with van der Waals surface area (Å²) < 4.78 is 0. The number of imidazole rings is 1. The summed E-state index contributed by atoms with van der Waals surface area (Å²) in [5.41, 5.74) is 3.21. The highest BCUT2D eigenvalue weighted by Gasteiger charge is 2.13. The Morgan fingerprint density at radius 1 is 1.10 bits per heavy atom. The third-order valence-electron chi connectivity index (χ3n) is 3.25. The van der Waals surface area contributed by atoms with Crippen molar-refractivity contribution in [3.63, 3.8) is 0 Å². The number of benzene rings is 2. The lowest BCUT2D eigenvalue weighted by Crippen LogP contribution is -2.18. The van der Waals surface area contributed by atoms with E-state index >= 15 is 0 Å². The Kier molecular flexibility index (Phi) is 3.31. The number of hydrogen-bond acceptors (Lipinski definition) is 3. The summed E-state index contributed by atoms with van der Waals surface area (Å²) in [6, 6.07) is 15.1. The third-order valence-corrected chi connectivity index (χ3v) is 3.25. The molecule has 1 heterocycles. The van der Waals surface area contributed by atoms with Crippen molar-refractivity contribution in [2.45, 2.75) is 0 Å². The van der Waals surface area contributed by atoms with Crippen LogP contribution in [0.15, 0.2) is 48.5 Å². The van der Waals surface area contributed by atoms with Crippen LogP contribution in [0.2, 0.25) is 0 Å². The van der Waals surface area contributed by atoms with E-state index in [2.05, 4.69) is 15.3 Å². The number of carbonyl (C=O) groups is 1. The van der Waals surface area contributed by atoms with E-state index in [9.17, 15) is 4.79 Å². The van der Waals surface area contributed by atoms with Crippen LogP contribution >= 0.6 is 0 Å². The lowest BCUT2D eigenvalue weighted by atomic mass is 10.1. The first-order valence-corrected chi connectivity index (χ1v) is 6.67. The van der Waals surface area contributed by atoms with E-state index < -0.39 is 0 Å². The molecule has 3 aromatic rings. The van der Waals surface area contributed by atoms with Gasteiger partial charge in [0.15, 0.2) is 0 Å². The monoisotopic (exact) mass is 280 g/mol. The van der Waals surface area contributed by atoms with Gasteiger partial charge in [-0.05, 0) is 24.3 Å². The van der Waals surface area contributed by atoms with Crippen LogP contribution in [-0.4, -0.2) is 30.0 Å². The Morgan fingerprint density at radius 3 is 2.57 bits per heavy atom. The van der Waals surface area contributed by atoms with Crippen molar-refractivity contribution in [2.24, 2.45) is 0 Å². The van der Waals surface area contributed by atoms with Gasteiger partial charge in [-0.25, -0.2) is 4.98 Å². The summed E-state index contributed by atoms with van der Waals surface area (Å²) in [6.45, 7) is 0. The quantitative estimate of drug-likeness (QED) is 0.775. The van der Waals surface area contributed by atoms with Crippen LogP contribution < -0.4 is 10.2 Å². The lowest BCUT2D eigenvalue weighted by molar-refractivity contribution is 0.102. The van der Waals surface area contributed by atoms with Gasteiger partial charge >= 0.3 is 0 Å². The number of anilines is 2. The van der Waals surface area contributed by atoms with Crippen molar-refractivity contribution in [3.8, 4) is 0 Å². The van der Waals surface area contributed by atoms with Gasteiger partial charge in [0.25, 0.3) is 5.91 Å². The summed E-state index contributed by atoms with van der Waals surface area (Å²) in [4.78, 5) is 21.8. The number of H-pyrrole nitrogens is 1. The predicted molar refractivity (Wildman–Crippen MR) is 84.8 cm³/mol. The lowest BCUT2D eigenvalue weighted by Gasteiger charge is -2.16. The van der Waals surface area contributed by atoms with Crippen molar-refractivity contribution >= 4 is 28.6 Å². The van der Waals surface area contributed by atoms with Gasteiger partial charge in [-0.15, -0.1) is 0 Å². The van der Waals surface area contributed by atoms with Crippen LogP contribution in [0.5, 0.6) is 0 Å². The molecule has 2 N–H and O–H groups in total. The summed E-state index contributed by atoms with van der Waals surface area (Å²) in [6.07, 6.45) is 0. The highest BCUT2D eigenvalue weighted by Crippen LogP contribution is 2.20. The molecule has 0 aliphatic carbocycles. The standard InChI is InChI=1S/C16H16N4O/c1-20(2)14-10-6-3-7-11(14)15(21)19-16-17-12-8-4-5-9-13(12)18-16/h3-10H,1-2H3,(H2,17,18,19,21). The van der Waals surface area contributed by atoms with Gasteiger partial charge in [0, 0.05) is 19.8 Å². The number of amides is 1. The summed E-state index contributed by atoms with van der Waals surface area (Å²) in [5.74, 6) is 0.271. The SMILES string of the molecule is CN(C)c1ccccc1C(=O)Nc1nc2ccccc2[nH]1. The maximum Gasteiger partial charge on any atom is 0.260 e. The molecule has 0 radical (unpaired) electrons. The summed E-state index contributed by atoms with van der Waals surface area (Å²) >= 11 is 0. The Bertz CT molecular complexity index is 759. The third kappa shape index (κ3) is 2.58. The molecule has 0 saturated heterocycles. The van der Waals surface area contributed by atoms with Crippen molar-refractivity contribution in [2.75, 3.05) is 24.3 Å². The van der Waals surface area contributed by atoms with Gasteiger partial charge in [-0.3, -0.25) is 10.1 Å². The van der Waals surface area contributed by atoms with E-state index in [1.807, 2.05) is 61.5 Å². The molecule has 3 rings (SSSR count). The van der Waals surface area contributed by atoms with E-state index in [4.69, 9.17) is 0 Å². The molecular weight excluding hydrogens is 264 g/mol. The van der Waals surface area contributed by atoms with Crippen LogP contribution in [0.1, 0.15) is 10.4 Å². The van der Waals surface area contributed by atoms with Gasteiger partial charge in [0.1, 0.15) is 0 Å². The zero-order valence-corrected chi connectivity index (χ0v) is 11.9. The molecule has 0 aliphatic rings. The minimum Gasteiger partial charge on any atom is -0.377 e. The molecule has 0 fully saturated rings. The minimum absolute atomic E-state index is 0.182. The molecule has 2 aromatic carbocycles. The molecule has 5 heteroatoms. The molecule has 5 nitrogen and oxygen atoms in total. The fourth-order valence-electron chi connectivity index (χ4n) is 2.24. The largest absolute Gasteiger partial charge is 0.377 e. The minimum atomic E-state index is -0.182. The van der Waals surface area contributed by atoms with Crippen LogP contribution in [0.3, 0.4) is 0 Å². The van der Waals surface area contributed by atoms with E-state index in [-0.39, 0.29) is 5.91 Å². The Balaban J connectivity index is 1.89. The Hall–Kier alpha value is -2.82. The number of nitrogens with zero attached hydrogens (tertiary/aromatic N) is 2.